The van der Waals surface area contributed by atoms with E-state index in [2.05, 4.69) is 21.3 Å². The number of hydrogen-bond donors (Lipinski definition) is 4. The standard InChI is InChI=1S/C22H28N4O3/c1-15-10-11-17(25-21(29)24-16-8-6-5-7-9-16)14-18(15)26-19(27)12-13-23-20(28)22(2,3)4/h5-11,14H,12-13H2,1-4H3,(H,23,28)(H,26,27)(H2,24,25,29). The average Bonchev–Trinajstić information content (AvgIpc) is 2.64. The van der Waals surface area contributed by atoms with E-state index in [-0.39, 0.29) is 30.8 Å². The fourth-order valence-electron chi connectivity index (χ4n) is 2.42. The topological polar surface area (TPSA) is 99.3 Å². The first-order chi connectivity index (χ1) is 13.6. The predicted molar refractivity (Wildman–Crippen MR) is 116 cm³/mol. The maximum Gasteiger partial charge on any atom is 0.323 e. The maximum absolute atomic E-state index is 12.2. The van der Waals surface area contributed by atoms with E-state index < -0.39 is 5.41 Å². The van der Waals surface area contributed by atoms with E-state index in [0.29, 0.717) is 17.1 Å². The van der Waals surface area contributed by atoms with Crippen LogP contribution >= 0.6 is 0 Å². The number of anilines is 3. The van der Waals surface area contributed by atoms with Crippen molar-refractivity contribution in [1.29, 1.82) is 0 Å². The molecule has 7 nitrogen and oxygen atoms in total. The summed E-state index contributed by atoms with van der Waals surface area (Å²) in [6.45, 7) is 7.58. The summed E-state index contributed by atoms with van der Waals surface area (Å²) in [5.74, 6) is -0.315. The molecule has 0 bridgehead atoms. The Kier molecular flexibility index (Phi) is 7.36. The third kappa shape index (κ3) is 7.29. The molecule has 4 amide bonds. The van der Waals surface area contributed by atoms with Crippen molar-refractivity contribution in [2.24, 2.45) is 5.41 Å². The number of amides is 4. The number of rotatable bonds is 6. The first-order valence-corrected chi connectivity index (χ1v) is 9.47. The Balaban J connectivity index is 1.90. The van der Waals surface area contributed by atoms with Crippen molar-refractivity contribution in [2.75, 3.05) is 22.5 Å². The maximum atomic E-state index is 12.2. The molecule has 0 aliphatic heterocycles. The van der Waals surface area contributed by atoms with Gasteiger partial charge in [0, 0.05) is 35.4 Å². The summed E-state index contributed by atoms with van der Waals surface area (Å²) in [6, 6.07) is 14.0. The molecule has 0 spiro atoms. The number of carbonyl (C=O) groups excluding carboxylic acids is 3. The van der Waals surface area contributed by atoms with E-state index in [1.165, 1.54) is 0 Å². The molecule has 0 aliphatic rings. The Hall–Kier alpha value is -3.35. The van der Waals surface area contributed by atoms with Crippen LogP contribution in [0.25, 0.3) is 0 Å². The monoisotopic (exact) mass is 396 g/mol. The van der Waals surface area contributed by atoms with Crippen molar-refractivity contribution in [3.63, 3.8) is 0 Å². The number of nitrogens with one attached hydrogen (secondary N) is 4. The summed E-state index contributed by atoms with van der Waals surface area (Å²) in [5.41, 5.74) is 2.22. The van der Waals surface area contributed by atoms with E-state index in [4.69, 9.17) is 0 Å². The quantitative estimate of drug-likeness (QED) is 0.591. The predicted octanol–water partition coefficient (Wildman–Crippen LogP) is 4.13. The molecule has 0 saturated heterocycles. The Morgan fingerprint density at radius 3 is 2.17 bits per heavy atom. The van der Waals surface area contributed by atoms with Crippen molar-refractivity contribution in [2.45, 2.75) is 34.1 Å². The summed E-state index contributed by atoms with van der Waals surface area (Å²) in [7, 11) is 0. The highest BCUT2D eigenvalue weighted by molar-refractivity contribution is 6.00. The number of hydrogen-bond acceptors (Lipinski definition) is 3. The summed E-state index contributed by atoms with van der Waals surface area (Å²) in [5, 5.41) is 11.1. The van der Waals surface area contributed by atoms with E-state index >= 15 is 0 Å². The van der Waals surface area contributed by atoms with E-state index in [9.17, 15) is 14.4 Å². The number of urea groups is 1. The smallest absolute Gasteiger partial charge is 0.323 e. The molecule has 0 fully saturated rings. The molecule has 0 unspecified atom stereocenters. The van der Waals surface area contributed by atoms with Crippen LogP contribution < -0.4 is 21.3 Å². The summed E-state index contributed by atoms with van der Waals surface area (Å²) in [4.78, 5) is 36.2. The molecule has 0 heterocycles. The number of carbonyl (C=O) groups is 3. The Bertz CT molecular complexity index is 873. The van der Waals surface area contributed by atoms with Gasteiger partial charge in [-0.2, -0.15) is 0 Å². The second-order valence-corrected chi connectivity index (χ2v) is 7.78. The van der Waals surface area contributed by atoms with Gasteiger partial charge in [-0.05, 0) is 36.8 Å². The molecular weight excluding hydrogens is 368 g/mol. The molecule has 29 heavy (non-hydrogen) atoms. The van der Waals surface area contributed by atoms with Crippen molar-refractivity contribution in [3.8, 4) is 0 Å². The van der Waals surface area contributed by atoms with Gasteiger partial charge in [0.1, 0.15) is 0 Å². The highest BCUT2D eigenvalue weighted by Crippen LogP contribution is 2.21. The number of para-hydroxylation sites is 1. The van der Waals surface area contributed by atoms with Gasteiger partial charge < -0.3 is 21.3 Å². The number of benzene rings is 2. The zero-order chi connectivity index (χ0) is 21.4. The molecule has 7 heteroatoms. The molecule has 2 rings (SSSR count). The third-order valence-electron chi connectivity index (χ3n) is 4.12. The third-order valence-corrected chi connectivity index (χ3v) is 4.12. The zero-order valence-corrected chi connectivity index (χ0v) is 17.3. The van der Waals surface area contributed by atoms with Crippen LogP contribution in [0.3, 0.4) is 0 Å². The minimum absolute atomic E-state index is 0.0999. The molecule has 0 atom stereocenters. The van der Waals surface area contributed by atoms with Crippen molar-refractivity contribution in [3.05, 3.63) is 54.1 Å². The fourth-order valence-corrected chi connectivity index (χ4v) is 2.42. The van der Waals surface area contributed by atoms with Gasteiger partial charge in [0.05, 0.1) is 0 Å². The molecule has 154 valence electrons. The van der Waals surface area contributed by atoms with E-state index in [0.717, 1.165) is 5.56 Å². The van der Waals surface area contributed by atoms with Gasteiger partial charge in [-0.25, -0.2) is 4.79 Å². The Morgan fingerprint density at radius 1 is 0.862 bits per heavy atom. The molecule has 0 aromatic heterocycles. The molecule has 0 saturated carbocycles. The van der Waals surface area contributed by atoms with Crippen LogP contribution in [-0.4, -0.2) is 24.4 Å². The van der Waals surface area contributed by atoms with Crippen LogP contribution in [0.15, 0.2) is 48.5 Å². The normalized spacial score (nSPS) is 10.8. The lowest BCUT2D eigenvalue weighted by Crippen LogP contribution is -2.36. The lowest BCUT2D eigenvalue weighted by Gasteiger charge is -2.17. The zero-order valence-electron chi connectivity index (χ0n) is 17.3. The molecule has 0 radical (unpaired) electrons. The highest BCUT2D eigenvalue weighted by Gasteiger charge is 2.20. The minimum Gasteiger partial charge on any atom is -0.355 e. The van der Waals surface area contributed by atoms with Gasteiger partial charge in [0.25, 0.3) is 0 Å². The Labute approximate surface area is 171 Å². The molecule has 2 aromatic rings. The molecule has 0 aliphatic carbocycles. The van der Waals surface area contributed by atoms with Gasteiger partial charge >= 0.3 is 6.03 Å². The summed E-state index contributed by atoms with van der Waals surface area (Å²) >= 11 is 0. The van der Waals surface area contributed by atoms with Gasteiger partial charge in [0.15, 0.2) is 0 Å². The first-order valence-electron chi connectivity index (χ1n) is 9.47. The second kappa shape index (κ2) is 9.73. The molecular formula is C22H28N4O3. The van der Waals surface area contributed by atoms with E-state index in [1.807, 2.05) is 52.0 Å². The van der Waals surface area contributed by atoms with Crippen LogP contribution in [0.4, 0.5) is 21.9 Å². The summed E-state index contributed by atoms with van der Waals surface area (Å²) in [6.07, 6.45) is 0.160. The van der Waals surface area contributed by atoms with Crippen molar-refractivity contribution >= 4 is 34.9 Å². The van der Waals surface area contributed by atoms with Crippen molar-refractivity contribution < 1.29 is 14.4 Å². The fraction of sp³-hybridized carbons (Fsp3) is 0.318. The van der Waals surface area contributed by atoms with Gasteiger partial charge in [-0.15, -0.1) is 0 Å². The highest BCUT2D eigenvalue weighted by atomic mass is 16.2. The van der Waals surface area contributed by atoms with Crippen LogP contribution in [0.1, 0.15) is 32.8 Å². The molecule has 2 aromatic carbocycles. The first kappa shape index (κ1) is 21.9. The summed E-state index contributed by atoms with van der Waals surface area (Å²) < 4.78 is 0. The van der Waals surface area contributed by atoms with Crippen molar-refractivity contribution in [1.82, 2.24) is 5.32 Å². The van der Waals surface area contributed by atoms with Gasteiger partial charge in [-0.1, -0.05) is 45.0 Å². The van der Waals surface area contributed by atoms with Gasteiger partial charge in [-0.3, -0.25) is 9.59 Å². The van der Waals surface area contributed by atoms with Crippen LogP contribution in [0, 0.1) is 12.3 Å². The second-order valence-electron chi connectivity index (χ2n) is 7.78. The average molecular weight is 396 g/mol. The van der Waals surface area contributed by atoms with Crippen LogP contribution in [0.2, 0.25) is 0 Å². The van der Waals surface area contributed by atoms with Crippen LogP contribution in [-0.2, 0) is 9.59 Å². The van der Waals surface area contributed by atoms with Gasteiger partial charge in [0.2, 0.25) is 11.8 Å². The Morgan fingerprint density at radius 2 is 1.52 bits per heavy atom. The SMILES string of the molecule is Cc1ccc(NC(=O)Nc2ccccc2)cc1NC(=O)CCNC(=O)C(C)(C)C. The van der Waals surface area contributed by atoms with Crippen LogP contribution in [0.5, 0.6) is 0 Å². The molecule has 4 N–H and O–H groups in total. The number of aryl methyl sites for hydroxylation is 1. The largest absolute Gasteiger partial charge is 0.355 e. The lowest BCUT2D eigenvalue weighted by atomic mass is 9.96. The van der Waals surface area contributed by atoms with E-state index in [1.54, 1.807) is 24.3 Å². The lowest BCUT2D eigenvalue weighted by molar-refractivity contribution is -0.128. The minimum atomic E-state index is -0.493.